The van der Waals surface area contributed by atoms with Gasteiger partial charge in [0.25, 0.3) is 0 Å². The van der Waals surface area contributed by atoms with Crippen LogP contribution in [0.1, 0.15) is 17.9 Å². The predicted molar refractivity (Wildman–Crippen MR) is 69.5 cm³/mol. The van der Waals surface area contributed by atoms with E-state index in [1.54, 1.807) is 11.9 Å². The van der Waals surface area contributed by atoms with Crippen LogP contribution in [0, 0.1) is 0 Å². The first-order chi connectivity index (χ1) is 8.72. The average Bonchev–Trinajstić information content (AvgIpc) is 2.71. The molecule has 0 aliphatic carbocycles. The highest BCUT2D eigenvalue weighted by molar-refractivity contribution is 5.76. The summed E-state index contributed by atoms with van der Waals surface area (Å²) in [5, 5.41) is 0. The number of carbonyl (C=O) groups excluding carboxylic acids is 2. The summed E-state index contributed by atoms with van der Waals surface area (Å²) in [7, 11) is 1.81. The Morgan fingerprint density at radius 1 is 1.28 bits per heavy atom. The number of carbonyl (C=O) groups is 2. The molecule has 1 heterocycles. The summed E-state index contributed by atoms with van der Waals surface area (Å²) in [5.74, 6) is 0.0964. The molecule has 96 valence electrons. The number of likely N-dealkylation sites (N-methyl/N-ethyl adjacent to an activating group) is 1. The number of aldehydes is 1. The van der Waals surface area contributed by atoms with Crippen LogP contribution in [0.2, 0.25) is 0 Å². The number of hydrogen-bond donors (Lipinski definition) is 0. The van der Waals surface area contributed by atoms with E-state index in [0.29, 0.717) is 13.0 Å². The summed E-state index contributed by atoms with van der Waals surface area (Å²) in [6, 6.07) is 9.96. The van der Waals surface area contributed by atoms with Crippen molar-refractivity contribution >= 4 is 12.3 Å². The summed E-state index contributed by atoms with van der Waals surface area (Å²) >= 11 is 0. The Bertz CT molecular complexity index is 419. The molecule has 4 nitrogen and oxygen atoms in total. The lowest BCUT2D eigenvalue weighted by Gasteiger charge is -2.22. The van der Waals surface area contributed by atoms with E-state index in [2.05, 4.69) is 0 Å². The SMILES string of the molecule is CN1CCN(CC(CC=O)c2ccccc2)C1=O. The van der Waals surface area contributed by atoms with Gasteiger partial charge in [0.15, 0.2) is 0 Å². The molecule has 4 heteroatoms. The molecular weight excluding hydrogens is 228 g/mol. The highest BCUT2D eigenvalue weighted by Gasteiger charge is 2.27. The van der Waals surface area contributed by atoms with E-state index in [9.17, 15) is 9.59 Å². The van der Waals surface area contributed by atoms with E-state index in [0.717, 1.165) is 24.9 Å². The minimum absolute atomic E-state index is 0.0573. The Kier molecular flexibility index (Phi) is 3.97. The first kappa shape index (κ1) is 12.6. The van der Waals surface area contributed by atoms with Crippen molar-refractivity contribution in [2.75, 3.05) is 26.7 Å². The molecule has 1 saturated heterocycles. The number of urea groups is 1. The average molecular weight is 246 g/mol. The van der Waals surface area contributed by atoms with Gasteiger partial charge in [0.05, 0.1) is 0 Å². The highest BCUT2D eigenvalue weighted by atomic mass is 16.2. The van der Waals surface area contributed by atoms with Gasteiger partial charge in [-0.15, -0.1) is 0 Å². The number of amides is 2. The summed E-state index contributed by atoms with van der Waals surface area (Å²) in [6.07, 6.45) is 1.39. The molecule has 18 heavy (non-hydrogen) atoms. The van der Waals surface area contributed by atoms with Gasteiger partial charge in [0.1, 0.15) is 6.29 Å². The Morgan fingerprint density at radius 3 is 2.56 bits per heavy atom. The zero-order valence-electron chi connectivity index (χ0n) is 10.6. The van der Waals surface area contributed by atoms with Crippen molar-refractivity contribution < 1.29 is 9.59 Å². The molecule has 0 saturated carbocycles. The van der Waals surface area contributed by atoms with Crippen LogP contribution in [0.25, 0.3) is 0 Å². The van der Waals surface area contributed by atoms with Crippen LogP contribution in [0.5, 0.6) is 0 Å². The van der Waals surface area contributed by atoms with Crippen LogP contribution in [0.15, 0.2) is 30.3 Å². The molecule has 1 aromatic rings. The fraction of sp³-hybridized carbons (Fsp3) is 0.429. The van der Waals surface area contributed by atoms with E-state index < -0.39 is 0 Å². The third-order valence-electron chi connectivity index (χ3n) is 3.39. The topological polar surface area (TPSA) is 40.6 Å². The smallest absolute Gasteiger partial charge is 0.319 e. The van der Waals surface area contributed by atoms with Gasteiger partial charge in [-0.1, -0.05) is 30.3 Å². The van der Waals surface area contributed by atoms with Gasteiger partial charge in [-0.2, -0.15) is 0 Å². The van der Waals surface area contributed by atoms with Crippen molar-refractivity contribution in [3.8, 4) is 0 Å². The molecule has 0 bridgehead atoms. The fourth-order valence-corrected chi connectivity index (χ4v) is 2.30. The van der Waals surface area contributed by atoms with Crippen LogP contribution < -0.4 is 0 Å². The predicted octanol–water partition coefficient (Wildman–Crippen LogP) is 1.73. The first-order valence-corrected chi connectivity index (χ1v) is 6.21. The van der Waals surface area contributed by atoms with Crippen LogP contribution in [0.4, 0.5) is 4.79 Å². The molecule has 0 aromatic heterocycles. The number of hydrogen-bond acceptors (Lipinski definition) is 2. The van der Waals surface area contributed by atoms with Crippen molar-refractivity contribution in [2.24, 2.45) is 0 Å². The van der Waals surface area contributed by atoms with Gasteiger partial charge in [-0.25, -0.2) is 4.79 Å². The minimum Gasteiger partial charge on any atom is -0.326 e. The van der Waals surface area contributed by atoms with Gasteiger partial charge in [0.2, 0.25) is 0 Å². The van der Waals surface area contributed by atoms with Gasteiger partial charge in [0, 0.05) is 39.0 Å². The molecular formula is C14H18N2O2. The second-order valence-corrected chi connectivity index (χ2v) is 4.66. The molecule has 1 aliphatic heterocycles. The number of benzene rings is 1. The van der Waals surface area contributed by atoms with Gasteiger partial charge >= 0.3 is 6.03 Å². The lowest BCUT2D eigenvalue weighted by molar-refractivity contribution is -0.108. The summed E-state index contributed by atoms with van der Waals surface area (Å²) in [5.41, 5.74) is 1.12. The molecule has 1 fully saturated rings. The zero-order chi connectivity index (χ0) is 13.0. The van der Waals surface area contributed by atoms with Crippen molar-refractivity contribution in [1.82, 2.24) is 9.80 Å². The maximum atomic E-state index is 11.8. The van der Waals surface area contributed by atoms with Gasteiger partial charge < -0.3 is 14.6 Å². The van der Waals surface area contributed by atoms with Crippen LogP contribution in [-0.2, 0) is 4.79 Å². The van der Waals surface area contributed by atoms with Crippen molar-refractivity contribution in [1.29, 1.82) is 0 Å². The molecule has 0 N–H and O–H groups in total. The molecule has 1 aromatic carbocycles. The van der Waals surface area contributed by atoms with Crippen LogP contribution in [-0.4, -0.2) is 48.8 Å². The van der Waals surface area contributed by atoms with E-state index in [1.165, 1.54) is 0 Å². The molecule has 2 rings (SSSR count). The second-order valence-electron chi connectivity index (χ2n) is 4.66. The lowest BCUT2D eigenvalue weighted by atomic mass is 9.96. The quantitative estimate of drug-likeness (QED) is 0.742. The second kappa shape index (κ2) is 5.67. The highest BCUT2D eigenvalue weighted by Crippen LogP contribution is 2.21. The molecule has 1 aliphatic rings. The lowest BCUT2D eigenvalue weighted by Crippen LogP contribution is -2.33. The maximum absolute atomic E-state index is 11.8. The zero-order valence-corrected chi connectivity index (χ0v) is 10.6. The van der Waals surface area contributed by atoms with Gasteiger partial charge in [-0.3, -0.25) is 0 Å². The normalized spacial score (nSPS) is 17.1. The van der Waals surface area contributed by atoms with Gasteiger partial charge in [-0.05, 0) is 5.56 Å². The third kappa shape index (κ3) is 2.70. The Morgan fingerprint density at radius 2 is 2.00 bits per heavy atom. The van der Waals surface area contributed by atoms with E-state index in [-0.39, 0.29) is 11.9 Å². The van der Waals surface area contributed by atoms with E-state index in [1.807, 2.05) is 35.2 Å². The summed E-state index contributed by atoms with van der Waals surface area (Å²) in [4.78, 5) is 26.2. The minimum atomic E-state index is 0.0573. The van der Waals surface area contributed by atoms with Crippen molar-refractivity contribution in [3.05, 3.63) is 35.9 Å². The first-order valence-electron chi connectivity index (χ1n) is 6.21. The van der Waals surface area contributed by atoms with Crippen molar-refractivity contribution in [3.63, 3.8) is 0 Å². The molecule has 1 unspecified atom stereocenters. The van der Waals surface area contributed by atoms with Crippen molar-refractivity contribution in [2.45, 2.75) is 12.3 Å². The monoisotopic (exact) mass is 246 g/mol. The largest absolute Gasteiger partial charge is 0.326 e. The fourth-order valence-electron chi connectivity index (χ4n) is 2.30. The molecule has 0 radical (unpaired) electrons. The third-order valence-corrected chi connectivity index (χ3v) is 3.39. The van der Waals surface area contributed by atoms with E-state index >= 15 is 0 Å². The summed E-state index contributed by atoms with van der Waals surface area (Å²) in [6.45, 7) is 2.13. The van der Waals surface area contributed by atoms with Crippen LogP contribution in [0.3, 0.4) is 0 Å². The molecule has 1 atom stereocenters. The molecule has 0 spiro atoms. The van der Waals surface area contributed by atoms with Crippen LogP contribution >= 0.6 is 0 Å². The Labute approximate surface area is 107 Å². The number of nitrogens with zero attached hydrogens (tertiary/aromatic N) is 2. The summed E-state index contributed by atoms with van der Waals surface area (Å²) < 4.78 is 0. The Hall–Kier alpha value is -1.84. The standard InChI is InChI=1S/C14H18N2O2/c1-15-8-9-16(14(15)18)11-13(7-10-17)12-5-3-2-4-6-12/h2-6,10,13H,7-9,11H2,1H3. The number of rotatable bonds is 5. The Balaban J connectivity index is 2.07. The van der Waals surface area contributed by atoms with E-state index in [4.69, 9.17) is 0 Å². The maximum Gasteiger partial charge on any atom is 0.319 e. The molecule has 2 amide bonds.